The smallest absolute Gasteiger partial charge is 0.310 e. The summed E-state index contributed by atoms with van der Waals surface area (Å²) in [5.41, 5.74) is 2.52. The molecule has 0 aromatic heterocycles. The molecule has 26 heavy (non-hydrogen) atoms. The first-order valence-corrected chi connectivity index (χ1v) is 11.0. The van der Waals surface area contributed by atoms with Gasteiger partial charge in [-0.25, -0.2) is 0 Å². The van der Waals surface area contributed by atoms with Crippen molar-refractivity contribution in [1.82, 2.24) is 0 Å². The van der Waals surface area contributed by atoms with Crippen molar-refractivity contribution in [2.24, 2.45) is 5.92 Å². The summed E-state index contributed by atoms with van der Waals surface area (Å²) in [6, 6.07) is 8.70. The van der Waals surface area contributed by atoms with Crippen LogP contribution in [0.15, 0.2) is 24.3 Å². The van der Waals surface area contributed by atoms with Gasteiger partial charge in [0, 0.05) is 0 Å². The van der Waals surface area contributed by atoms with E-state index in [-0.39, 0.29) is 5.97 Å². The molecular formula is C24H38O2. The number of esters is 1. The Morgan fingerprint density at radius 1 is 0.923 bits per heavy atom. The number of hydrogen-bond donors (Lipinski definition) is 0. The zero-order chi connectivity index (χ0) is 18.6. The van der Waals surface area contributed by atoms with Crippen LogP contribution in [0.3, 0.4) is 0 Å². The third-order valence-electron chi connectivity index (χ3n) is 5.83. The Morgan fingerprint density at radius 3 is 2.27 bits per heavy atom. The fourth-order valence-electron chi connectivity index (χ4n) is 4.16. The quantitative estimate of drug-likeness (QED) is 0.320. The van der Waals surface area contributed by atoms with Gasteiger partial charge in [-0.1, -0.05) is 76.6 Å². The van der Waals surface area contributed by atoms with Crippen LogP contribution >= 0.6 is 0 Å². The van der Waals surface area contributed by atoms with Crippen LogP contribution < -0.4 is 0 Å². The molecule has 146 valence electrons. The number of unbranched alkanes of at least 4 members (excludes halogenated alkanes) is 4. The van der Waals surface area contributed by atoms with Gasteiger partial charge in [0.15, 0.2) is 0 Å². The Kier molecular flexibility index (Phi) is 9.81. The van der Waals surface area contributed by atoms with Crippen molar-refractivity contribution >= 4 is 5.97 Å². The van der Waals surface area contributed by atoms with E-state index < -0.39 is 0 Å². The van der Waals surface area contributed by atoms with Gasteiger partial charge in [0.05, 0.1) is 13.0 Å². The maximum absolute atomic E-state index is 11.7. The van der Waals surface area contributed by atoms with Gasteiger partial charge in [-0.2, -0.15) is 0 Å². The maximum atomic E-state index is 11.7. The van der Waals surface area contributed by atoms with E-state index >= 15 is 0 Å². The van der Waals surface area contributed by atoms with E-state index in [1.807, 2.05) is 6.92 Å². The Hall–Kier alpha value is -1.31. The minimum Gasteiger partial charge on any atom is -0.465 e. The average molecular weight is 359 g/mol. The molecule has 1 fully saturated rings. The highest BCUT2D eigenvalue weighted by atomic mass is 16.5. The molecule has 0 unspecified atom stereocenters. The van der Waals surface area contributed by atoms with Gasteiger partial charge in [0.2, 0.25) is 0 Å². The lowest BCUT2D eigenvalue weighted by molar-refractivity contribution is -0.142. The van der Waals surface area contributed by atoms with Gasteiger partial charge < -0.3 is 4.74 Å². The molecule has 2 rings (SSSR count). The summed E-state index contributed by atoms with van der Waals surface area (Å²) in [7, 11) is 0. The van der Waals surface area contributed by atoms with Crippen molar-refractivity contribution < 1.29 is 9.53 Å². The Balaban J connectivity index is 1.69. The van der Waals surface area contributed by atoms with Crippen LogP contribution in [0, 0.1) is 5.92 Å². The molecule has 0 amide bonds. The molecule has 0 saturated heterocycles. The third-order valence-corrected chi connectivity index (χ3v) is 5.83. The Labute approximate surface area is 160 Å². The number of benzene rings is 1. The van der Waals surface area contributed by atoms with Gasteiger partial charge in [-0.3, -0.25) is 4.79 Å². The lowest BCUT2D eigenvalue weighted by atomic mass is 9.77. The van der Waals surface area contributed by atoms with Crippen LogP contribution in [0.2, 0.25) is 0 Å². The van der Waals surface area contributed by atoms with Crippen molar-refractivity contribution in [3.05, 3.63) is 35.4 Å². The van der Waals surface area contributed by atoms with Gasteiger partial charge in [-0.05, 0) is 55.1 Å². The summed E-state index contributed by atoms with van der Waals surface area (Å²) in [5, 5.41) is 0. The summed E-state index contributed by atoms with van der Waals surface area (Å²) in [6.07, 6.45) is 15.2. The highest BCUT2D eigenvalue weighted by Crippen LogP contribution is 2.37. The Morgan fingerprint density at radius 2 is 1.62 bits per heavy atom. The molecule has 2 nitrogen and oxygen atoms in total. The first-order valence-electron chi connectivity index (χ1n) is 11.0. The van der Waals surface area contributed by atoms with Gasteiger partial charge >= 0.3 is 5.97 Å². The summed E-state index contributed by atoms with van der Waals surface area (Å²) in [6.45, 7) is 4.83. The molecule has 0 bridgehead atoms. The van der Waals surface area contributed by atoms with Crippen molar-refractivity contribution in [1.29, 1.82) is 0 Å². The topological polar surface area (TPSA) is 26.3 Å². The zero-order valence-electron chi connectivity index (χ0n) is 17.0. The van der Waals surface area contributed by atoms with E-state index in [0.717, 1.165) is 17.9 Å². The second kappa shape index (κ2) is 12.1. The lowest BCUT2D eigenvalue weighted by Crippen LogP contribution is -2.13. The molecule has 0 spiro atoms. The second-order valence-corrected chi connectivity index (χ2v) is 8.06. The summed E-state index contributed by atoms with van der Waals surface area (Å²) in [5.74, 6) is 1.56. The molecule has 0 heterocycles. The predicted octanol–water partition coefficient (Wildman–Crippen LogP) is 6.82. The molecule has 0 aliphatic heterocycles. The highest BCUT2D eigenvalue weighted by Gasteiger charge is 2.22. The molecule has 1 aliphatic carbocycles. The van der Waals surface area contributed by atoms with Crippen molar-refractivity contribution in [3.63, 3.8) is 0 Å². The molecule has 1 aromatic carbocycles. The fourth-order valence-corrected chi connectivity index (χ4v) is 4.16. The van der Waals surface area contributed by atoms with Crippen LogP contribution in [0.5, 0.6) is 0 Å². The van der Waals surface area contributed by atoms with Gasteiger partial charge in [-0.15, -0.1) is 0 Å². The first kappa shape index (κ1) is 21.0. The molecule has 0 radical (unpaired) electrons. The zero-order valence-corrected chi connectivity index (χ0v) is 17.0. The fraction of sp³-hybridized carbons (Fsp3) is 0.708. The minimum absolute atomic E-state index is 0.112. The molecule has 1 saturated carbocycles. The summed E-state index contributed by atoms with van der Waals surface area (Å²) >= 11 is 0. The standard InChI is InChI=1S/C24H38O2/c1-3-5-6-7-8-9-20-10-14-22(15-11-20)23-16-12-21(13-17-23)19-24(25)26-18-4-2/h12-13,16-17,20,22H,3-11,14-15,18-19H2,1-2H3. The van der Waals surface area contributed by atoms with Gasteiger partial charge in [0.25, 0.3) is 0 Å². The molecule has 2 heteroatoms. The molecule has 0 N–H and O–H groups in total. The largest absolute Gasteiger partial charge is 0.465 e. The van der Waals surface area contributed by atoms with Crippen LogP contribution in [-0.2, 0) is 16.0 Å². The number of hydrogen-bond acceptors (Lipinski definition) is 2. The normalized spacial score (nSPS) is 20.1. The van der Waals surface area contributed by atoms with E-state index in [9.17, 15) is 4.79 Å². The van der Waals surface area contributed by atoms with E-state index in [0.29, 0.717) is 18.9 Å². The molecule has 0 atom stereocenters. The lowest BCUT2D eigenvalue weighted by Gasteiger charge is -2.29. The van der Waals surface area contributed by atoms with E-state index in [4.69, 9.17) is 4.74 Å². The van der Waals surface area contributed by atoms with Crippen LogP contribution in [0.4, 0.5) is 0 Å². The second-order valence-electron chi connectivity index (χ2n) is 8.06. The number of carbonyl (C=O) groups excluding carboxylic acids is 1. The SMILES string of the molecule is CCCCCCCC1CCC(c2ccc(CC(=O)OCCC)cc2)CC1. The van der Waals surface area contributed by atoms with Crippen LogP contribution in [0.1, 0.15) is 102 Å². The monoisotopic (exact) mass is 358 g/mol. The van der Waals surface area contributed by atoms with Crippen molar-refractivity contribution in [2.75, 3.05) is 6.61 Å². The Bertz CT molecular complexity index is 497. The van der Waals surface area contributed by atoms with Crippen molar-refractivity contribution in [2.45, 2.75) is 96.8 Å². The number of ether oxygens (including phenoxy) is 1. The number of rotatable bonds is 11. The van der Waals surface area contributed by atoms with Crippen LogP contribution in [-0.4, -0.2) is 12.6 Å². The van der Waals surface area contributed by atoms with Crippen molar-refractivity contribution in [3.8, 4) is 0 Å². The van der Waals surface area contributed by atoms with Gasteiger partial charge in [0.1, 0.15) is 0 Å². The molecule has 1 aromatic rings. The average Bonchev–Trinajstić information content (AvgIpc) is 2.67. The third kappa shape index (κ3) is 7.51. The predicted molar refractivity (Wildman–Crippen MR) is 109 cm³/mol. The maximum Gasteiger partial charge on any atom is 0.310 e. The molecular weight excluding hydrogens is 320 g/mol. The van der Waals surface area contributed by atoms with E-state index in [1.54, 1.807) is 0 Å². The summed E-state index contributed by atoms with van der Waals surface area (Å²) in [4.78, 5) is 11.7. The number of carbonyl (C=O) groups is 1. The minimum atomic E-state index is -0.112. The first-order chi connectivity index (χ1) is 12.7. The highest BCUT2D eigenvalue weighted by molar-refractivity contribution is 5.72. The van der Waals surface area contributed by atoms with E-state index in [2.05, 4.69) is 31.2 Å². The van der Waals surface area contributed by atoms with Crippen LogP contribution in [0.25, 0.3) is 0 Å². The van der Waals surface area contributed by atoms with E-state index in [1.165, 1.54) is 69.8 Å². The summed E-state index contributed by atoms with van der Waals surface area (Å²) < 4.78 is 5.17. The molecule has 1 aliphatic rings.